The summed E-state index contributed by atoms with van der Waals surface area (Å²) < 4.78 is 0. The van der Waals surface area contributed by atoms with E-state index in [1.54, 1.807) is 18.2 Å². The molecule has 5 nitrogen and oxygen atoms in total. The van der Waals surface area contributed by atoms with Crippen LogP contribution in [0.3, 0.4) is 0 Å². The summed E-state index contributed by atoms with van der Waals surface area (Å²) >= 11 is 7.51. The number of nitrogens with zero attached hydrogens (tertiary/aromatic N) is 1. The smallest absolute Gasteiger partial charge is 0.257 e. The van der Waals surface area contributed by atoms with Gasteiger partial charge in [0.2, 0.25) is 0 Å². The molecule has 2 heterocycles. The maximum absolute atomic E-state index is 13.5. The quantitative estimate of drug-likeness (QED) is 0.343. The highest BCUT2D eigenvalue weighted by Crippen LogP contribution is 2.38. The first kappa shape index (κ1) is 21.6. The Kier molecular flexibility index (Phi) is 5.87. The first-order valence-corrected chi connectivity index (χ1v) is 12.1. The number of hydrogen-bond acceptors (Lipinski definition) is 4. The molecule has 4 aromatic rings. The van der Waals surface area contributed by atoms with Crippen LogP contribution in [0.2, 0.25) is 5.02 Å². The summed E-state index contributed by atoms with van der Waals surface area (Å²) in [6.45, 7) is 0. The molecule has 3 N–H and O–H groups in total. The van der Waals surface area contributed by atoms with E-state index in [1.165, 1.54) is 11.3 Å². The number of hydrogen-bond donors (Lipinski definition) is 2. The van der Waals surface area contributed by atoms with Gasteiger partial charge in [-0.3, -0.25) is 9.59 Å². The minimum Gasteiger partial charge on any atom is -0.365 e. The van der Waals surface area contributed by atoms with Gasteiger partial charge in [0.15, 0.2) is 0 Å². The maximum Gasteiger partial charge on any atom is 0.257 e. The second-order valence-corrected chi connectivity index (χ2v) is 9.71. The standard InChI is InChI=1S/C26H22ClN3O2S/c27-16-12-10-15(11-13-16)21-14-19(17-6-4-5-8-20(17)29-21)25(32)30-26-23(24(28)31)18-7-2-1-3-9-22(18)33-26/h4-6,8,10-14H,1-3,7,9H2,(H2,28,31)(H,30,32). The minimum atomic E-state index is -0.494. The number of amides is 2. The average molecular weight is 476 g/mol. The number of primary amides is 1. The van der Waals surface area contributed by atoms with Crippen molar-refractivity contribution in [3.05, 3.63) is 81.2 Å². The second kappa shape index (κ2) is 8.96. The maximum atomic E-state index is 13.5. The van der Waals surface area contributed by atoms with Gasteiger partial charge in [0.25, 0.3) is 11.8 Å². The molecule has 1 aliphatic rings. The number of aryl methyl sites for hydroxylation is 1. The number of carbonyl (C=O) groups excluding carboxylic acids is 2. The molecule has 1 aliphatic carbocycles. The van der Waals surface area contributed by atoms with Crippen LogP contribution in [0.15, 0.2) is 54.6 Å². The number of carbonyl (C=O) groups is 2. The van der Waals surface area contributed by atoms with Gasteiger partial charge in [-0.15, -0.1) is 11.3 Å². The van der Waals surface area contributed by atoms with Crippen molar-refractivity contribution in [3.63, 3.8) is 0 Å². The van der Waals surface area contributed by atoms with E-state index in [0.29, 0.717) is 32.4 Å². The van der Waals surface area contributed by atoms with Gasteiger partial charge in [0, 0.05) is 20.8 Å². The van der Waals surface area contributed by atoms with E-state index in [1.807, 2.05) is 36.4 Å². The van der Waals surface area contributed by atoms with Crippen molar-refractivity contribution in [1.29, 1.82) is 0 Å². The highest BCUT2D eigenvalue weighted by atomic mass is 35.5. The predicted molar refractivity (Wildman–Crippen MR) is 134 cm³/mol. The summed E-state index contributed by atoms with van der Waals surface area (Å²) in [4.78, 5) is 31.7. The number of thiophene rings is 1. The Labute approximate surface area is 200 Å². The van der Waals surface area contributed by atoms with Crippen molar-refractivity contribution in [2.75, 3.05) is 5.32 Å². The SMILES string of the molecule is NC(=O)c1c(NC(=O)c2cc(-c3ccc(Cl)cc3)nc3ccccc23)sc2c1CCCCC2. The lowest BCUT2D eigenvalue weighted by Gasteiger charge is -2.11. The van der Waals surface area contributed by atoms with Gasteiger partial charge < -0.3 is 11.1 Å². The second-order valence-electron chi connectivity index (χ2n) is 8.17. The van der Waals surface area contributed by atoms with E-state index in [0.717, 1.165) is 53.5 Å². The summed E-state index contributed by atoms with van der Waals surface area (Å²) in [5.74, 6) is -0.783. The Morgan fingerprint density at radius 1 is 1.00 bits per heavy atom. The van der Waals surface area contributed by atoms with E-state index in [9.17, 15) is 9.59 Å². The molecule has 0 bridgehead atoms. The molecule has 0 fully saturated rings. The Bertz CT molecular complexity index is 1380. The van der Waals surface area contributed by atoms with Gasteiger partial charge in [0.05, 0.1) is 22.3 Å². The summed E-state index contributed by atoms with van der Waals surface area (Å²) in [7, 11) is 0. The van der Waals surface area contributed by atoms with Gasteiger partial charge >= 0.3 is 0 Å². The Morgan fingerprint density at radius 2 is 1.76 bits per heavy atom. The van der Waals surface area contributed by atoms with Gasteiger partial charge in [-0.2, -0.15) is 0 Å². The molecule has 2 aromatic heterocycles. The number of para-hydroxylation sites is 1. The lowest BCUT2D eigenvalue weighted by atomic mass is 10.0. The zero-order valence-corrected chi connectivity index (χ0v) is 19.4. The van der Waals surface area contributed by atoms with Gasteiger partial charge in [0.1, 0.15) is 5.00 Å². The normalized spacial score (nSPS) is 13.4. The molecule has 0 saturated carbocycles. The predicted octanol–water partition coefficient (Wildman–Crippen LogP) is 6.24. The molecule has 0 atom stereocenters. The fourth-order valence-electron chi connectivity index (χ4n) is 4.39. The molecule has 33 heavy (non-hydrogen) atoms. The van der Waals surface area contributed by atoms with Gasteiger partial charge in [-0.05, 0) is 55.5 Å². The number of halogens is 1. The van der Waals surface area contributed by atoms with E-state index >= 15 is 0 Å². The Hall–Kier alpha value is -3.22. The third-order valence-electron chi connectivity index (χ3n) is 6.00. The molecular weight excluding hydrogens is 454 g/mol. The van der Waals surface area contributed by atoms with Crippen molar-refractivity contribution in [2.24, 2.45) is 5.73 Å². The van der Waals surface area contributed by atoms with E-state index in [-0.39, 0.29) is 5.91 Å². The Morgan fingerprint density at radius 3 is 2.55 bits per heavy atom. The monoisotopic (exact) mass is 475 g/mol. The number of nitrogens with two attached hydrogens (primary N) is 1. The largest absolute Gasteiger partial charge is 0.365 e. The molecule has 0 saturated heterocycles. The zero-order valence-electron chi connectivity index (χ0n) is 17.9. The average Bonchev–Trinajstić information content (AvgIpc) is 2.99. The molecule has 2 aromatic carbocycles. The lowest BCUT2D eigenvalue weighted by molar-refractivity contribution is 0.100. The first-order valence-electron chi connectivity index (χ1n) is 10.9. The number of anilines is 1. The lowest BCUT2D eigenvalue weighted by Crippen LogP contribution is -2.18. The van der Waals surface area contributed by atoms with E-state index in [4.69, 9.17) is 22.3 Å². The first-order chi connectivity index (χ1) is 16.0. The van der Waals surface area contributed by atoms with Crippen LogP contribution in [0.1, 0.15) is 50.4 Å². The highest BCUT2D eigenvalue weighted by molar-refractivity contribution is 7.17. The molecule has 0 radical (unpaired) electrons. The van der Waals surface area contributed by atoms with Gasteiger partial charge in [-0.25, -0.2) is 4.98 Å². The third kappa shape index (κ3) is 4.24. The topological polar surface area (TPSA) is 85.1 Å². The zero-order chi connectivity index (χ0) is 22.9. The van der Waals surface area contributed by atoms with Crippen LogP contribution >= 0.6 is 22.9 Å². The number of fused-ring (bicyclic) bond motifs is 2. The molecular formula is C26H22ClN3O2S. The fraction of sp³-hybridized carbons (Fsp3) is 0.192. The van der Waals surface area contributed by atoms with Crippen LogP contribution in [-0.2, 0) is 12.8 Å². The third-order valence-corrected chi connectivity index (χ3v) is 7.45. The summed E-state index contributed by atoms with van der Waals surface area (Å²) in [5.41, 5.74) is 9.95. The van der Waals surface area contributed by atoms with Crippen LogP contribution in [0.5, 0.6) is 0 Å². The van der Waals surface area contributed by atoms with Crippen LogP contribution < -0.4 is 11.1 Å². The molecule has 0 aliphatic heterocycles. The molecule has 166 valence electrons. The van der Waals surface area contributed by atoms with E-state index < -0.39 is 5.91 Å². The fourth-order valence-corrected chi connectivity index (χ4v) is 5.81. The number of nitrogens with one attached hydrogen (secondary N) is 1. The van der Waals surface area contributed by atoms with Crippen molar-refractivity contribution in [2.45, 2.75) is 32.1 Å². The number of aromatic nitrogens is 1. The summed E-state index contributed by atoms with van der Waals surface area (Å²) in [5, 5.41) is 4.91. The van der Waals surface area contributed by atoms with Crippen LogP contribution in [-0.4, -0.2) is 16.8 Å². The van der Waals surface area contributed by atoms with Crippen molar-refractivity contribution in [3.8, 4) is 11.3 Å². The van der Waals surface area contributed by atoms with Gasteiger partial charge in [-0.1, -0.05) is 48.4 Å². The molecule has 7 heteroatoms. The summed E-state index contributed by atoms with van der Waals surface area (Å²) in [6, 6.07) is 16.7. The molecule has 0 unspecified atom stereocenters. The molecule has 2 amide bonds. The van der Waals surface area contributed by atoms with E-state index in [2.05, 4.69) is 5.32 Å². The van der Waals surface area contributed by atoms with Crippen molar-refractivity contribution < 1.29 is 9.59 Å². The minimum absolute atomic E-state index is 0.289. The van der Waals surface area contributed by atoms with Crippen molar-refractivity contribution >= 4 is 50.7 Å². The molecule has 0 spiro atoms. The Balaban J connectivity index is 1.58. The number of rotatable bonds is 4. The van der Waals surface area contributed by atoms with Crippen LogP contribution in [0.25, 0.3) is 22.2 Å². The highest BCUT2D eigenvalue weighted by Gasteiger charge is 2.25. The van der Waals surface area contributed by atoms with Crippen molar-refractivity contribution in [1.82, 2.24) is 4.98 Å². The number of pyridine rings is 1. The van der Waals surface area contributed by atoms with Crippen LogP contribution in [0.4, 0.5) is 5.00 Å². The number of benzene rings is 2. The van der Waals surface area contributed by atoms with Crippen LogP contribution in [0, 0.1) is 0 Å². The summed E-state index contributed by atoms with van der Waals surface area (Å²) in [6.07, 6.45) is 4.97. The molecule has 5 rings (SSSR count).